The molecule has 4 rings (SSSR count). The van der Waals surface area contributed by atoms with Crippen molar-refractivity contribution in [3.05, 3.63) is 89.3 Å². The number of carbonyl (C=O) groups is 1. The van der Waals surface area contributed by atoms with Gasteiger partial charge < -0.3 is 10.1 Å². The molecule has 4 aromatic rings. The van der Waals surface area contributed by atoms with Crippen LogP contribution in [0.2, 0.25) is 0 Å². The van der Waals surface area contributed by atoms with E-state index in [1.165, 1.54) is 34.9 Å². The van der Waals surface area contributed by atoms with E-state index >= 15 is 0 Å². The van der Waals surface area contributed by atoms with E-state index in [2.05, 4.69) is 5.32 Å². The fourth-order valence-electron chi connectivity index (χ4n) is 3.76. The average molecular weight is 495 g/mol. The van der Waals surface area contributed by atoms with Gasteiger partial charge in [0.2, 0.25) is 0 Å². The lowest BCUT2D eigenvalue weighted by Crippen LogP contribution is -2.30. The quantitative estimate of drug-likeness (QED) is 0.345. The Hall–Kier alpha value is -3.36. The van der Waals surface area contributed by atoms with Crippen molar-refractivity contribution in [2.75, 3.05) is 18.0 Å². The number of fused-ring (bicyclic) bond motifs is 1. The van der Waals surface area contributed by atoms with Gasteiger partial charge in [0, 0.05) is 11.2 Å². The first-order chi connectivity index (χ1) is 16.3. The summed E-state index contributed by atoms with van der Waals surface area (Å²) >= 11 is 1.38. The molecule has 0 radical (unpaired) electrons. The van der Waals surface area contributed by atoms with Gasteiger partial charge in [-0.2, -0.15) is 0 Å². The first-order valence-corrected chi connectivity index (χ1v) is 13.2. The number of anilines is 1. The second-order valence-electron chi connectivity index (χ2n) is 7.78. The lowest BCUT2D eigenvalue weighted by atomic mass is 10.1. The predicted molar refractivity (Wildman–Crippen MR) is 137 cm³/mol. The van der Waals surface area contributed by atoms with Crippen LogP contribution in [-0.4, -0.2) is 28.0 Å². The molecule has 1 aromatic heterocycles. The SMILES string of the molecule is CCN(c1ccc2sc(C(=O)N[C@@H](C)c3ccccc3)cc2c1)S(=O)(=O)c1ccc(OC)cc1. The van der Waals surface area contributed by atoms with Gasteiger partial charge >= 0.3 is 0 Å². The van der Waals surface area contributed by atoms with E-state index in [4.69, 9.17) is 4.74 Å². The molecule has 0 aliphatic rings. The van der Waals surface area contributed by atoms with Crippen molar-refractivity contribution < 1.29 is 17.9 Å². The highest BCUT2D eigenvalue weighted by atomic mass is 32.2. The highest BCUT2D eigenvalue weighted by molar-refractivity contribution is 7.92. The Kier molecular flexibility index (Phi) is 6.90. The predicted octanol–water partition coefficient (Wildman–Crippen LogP) is 5.62. The third-order valence-electron chi connectivity index (χ3n) is 5.59. The van der Waals surface area contributed by atoms with E-state index in [1.807, 2.05) is 55.5 Å². The van der Waals surface area contributed by atoms with Crippen LogP contribution in [0.1, 0.15) is 35.1 Å². The molecule has 0 unspecified atom stereocenters. The van der Waals surface area contributed by atoms with E-state index in [1.54, 1.807) is 25.1 Å². The van der Waals surface area contributed by atoms with Crippen molar-refractivity contribution in [3.8, 4) is 5.75 Å². The number of benzene rings is 3. The van der Waals surface area contributed by atoms with Gasteiger partial charge in [-0.15, -0.1) is 11.3 Å². The maximum atomic E-state index is 13.3. The van der Waals surface area contributed by atoms with Crippen LogP contribution in [0.4, 0.5) is 5.69 Å². The molecule has 1 heterocycles. The van der Waals surface area contributed by atoms with Gasteiger partial charge in [-0.1, -0.05) is 30.3 Å². The third kappa shape index (κ3) is 4.78. The summed E-state index contributed by atoms with van der Waals surface area (Å²) in [6.07, 6.45) is 0. The van der Waals surface area contributed by atoms with Gasteiger partial charge in [0.25, 0.3) is 15.9 Å². The number of rotatable bonds is 8. The normalized spacial score (nSPS) is 12.3. The summed E-state index contributed by atoms with van der Waals surface area (Å²) in [5.41, 5.74) is 1.58. The molecule has 0 fully saturated rings. The highest BCUT2D eigenvalue weighted by Gasteiger charge is 2.24. The van der Waals surface area contributed by atoms with Gasteiger partial charge in [0.1, 0.15) is 5.75 Å². The molecular weight excluding hydrogens is 468 g/mol. The monoisotopic (exact) mass is 494 g/mol. The lowest BCUT2D eigenvalue weighted by molar-refractivity contribution is 0.0944. The van der Waals surface area contributed by atoms with Crippen molar-refractivity contribution in [2.45, 2.75) is 24.8 Å². The van der Waals surface area contributed by atoms with Crippen molar-refractivity contribution in [2.24, 2.45) is 0 Å². The van der Waals surface area contributed by atoms with Gasteiger partial charge in [0.15, 0.2) is 0 Å². The number of methoxy groups -OCH3 is 1. The summed E-state index contributed by atoms with van der Waals surface area (Å²) in [5, 5.41) is 3.85. The first-order valence-electron chi connectivity index (χ1n) is 10.9. The van der Waals surface area contributed by atoms with Crippen LogP contribution in [0, 0.1) is 0 Å². The molecule has 0 aliphatic carbocycles. The Labute approximate surface area is 203 Å². The number of ether oxygens (including phenoxy) is 1. The molecule has 0 aliphatic heterocycles. The van der Waals surface area contributed by atoms with Crippen LogP contribution in [0.3, 0.4) is 0 Å². The fraction of sp³-hybridized carbons (Fsp3) is 0.192. The van der Waals surface area contributed by atoms with Gasteiger partial charge in [-0.25, -0.2) is 8.42 Å². The van der Waals surface area contributed by atoms with Crippen molar-refractivity contribution in [3.63, 3.8) is 0 Å². The Morgan fingerprint density at radius 3 is 2.38 bits per heavy atom. The largest absolute Gasteiger partial charge is 0.497 e. The molecule has 0 saturated heterocycles. The molecule has 0 saturated carbocycles. The second kappa shape index (κ2) is 9.87. The summed E-state index contributed by atoms with van der Waals surface area (Å²) in [6.45, 7) is 4.01. The first kappa shape index (κ1) is 23.8. The molecule has 1 N–H and O–H groups in total. The van der Waals surface area contributed by atoms with Crippen LogP contribution in [0.5, 0.6) is 5.75 Å². The summed E-state index contributed by atoms with van der Waals surface area (Å²) < 4.78 is 34.0. The highest BCUT2D eigenvalue weighted by Crippen LogP contribution is 2.32. The van der Waals surface area contributed by atoms with Crippen molar-refractivity contribution in [1.29, 1.82) is 0 Å². The van der Waals surface area contributed by atoms with E-state index < -0.39 is 10.0 Å². The van der Waals surface area contributed by atoms with Crippen LogP contribution in [-0.2, 0) is 10.0 Å². The molecule has 3 aromatic carbocycles. The summed E-state index contributed by atoms with van der Waals surface area (Å²) in [7, 11) is -2.22. The number of nitrogens with zero attached hydrogens (tertiary/aromatic N) is 1. The molecule has 1 amide bonds. The molecule has 1 atom stereocenters. The smallest absolute Gasteiger partial charge is 0.264 e. The zero-order valence-corrected chi connectivity index (χ0v) is 20.8. The number of hydrogen-bond donors (Lipinski definition) is 1. The molecule has 0 spiro atoms. The van der Waals surface area contributed by atoms with Crippen molar-refractivity contribution >= 4 is 43.0 Å². The minimum atomic E-state index is -3.75. The van der Waals surface area contributed by atoms with Gasteiger partial charge in [-0.3, -0.25) is 9.10 Å². The third-order valence-corrected chi connectivity index (χ3v) is 8.63. The van der Waals surface area contributed by atoms with E-state index in [0.717, 1.165) is 15.6 Å². The molecule has 0 bridgehead atoms. The number of amides is 1. The second-order valence-corrected chi connectivity index (χ2v) is 10.7. The summed E-state index contributed by atoms with van der Waals surface area (Å²) in [4.78, 5) is 13.6. The molecule has 6 nitrogen and oxygen atoms in total. The topological polar surface area (TPSA) is 75.7 Å². The fourth-order valence-corrected chi connectivity index (χ4v) is 6.17. The van der Waals surface area contributed by atoms with E-state index in [0.29, 0.717) is 16.3 Å². The van der Waals surface area contributed by atoms with Crippen molar-refractivity contribution in [1.82, 2.24) is 5.32 Å². The van der Waals surface area contributed by atoms with Gasteiger partial charge in [-0.05, 0) is 73.3 Å². The number of thiophene rings is 1. The Balaban J connectivity index is 1.59. The zero-order valence-electron chi connectivity index (χ0n) is 19.2. The average Bonchev–Trinajstić information content (AvgIpc) is 3.29. The number of sulfonamides is 1. The number of nitrogens with one attached hydrogen (secondary N) is 1. The van der Waals surface area contributed by atoms with Gasteiger partial charge in [0.05, 0.1) is 28.6 Å². The Bertz CT molecular complexity index is 1400. The minimum Gasteiger partial charge on any atom is -0.497 e. The lowest BCUT2D eigenvalue weighted by Gasteiger charge is -2.23. The molecular formula is C26H26N2O4S2. The maximum Gasteiger partial charge on any atom is 0.264 e. The van der Waals surface area contributed by atoms with Crippen LogP contribution >= 0.6 is 11.3 Å². The molecule has 176 valence electrons. The molecule has 34 heavy (non-hydrogen) atoms. The van der Waals surface area contributed by atoms with Crippen LogP contribution < -0.4 is 14.4 Å². The number of hydrogen-bond acceptors (Lipinski definition) is 5. The van der Waals surface area contributed by atoms with E-state index in [9.17, 15) is 13.2 Å². The molecule has 8 heteroatoms. The maximum absolute atomic E-state index is 13.3. The number of carbonyl (C=O) groups excluding carboxylic acids is 1. The van der Waals surface area contributed by atoms with Crippen LogP contribution in [0.15, 0.2) is 83.8 Å². The summed E-state index contributed by atoms with van der Waals surface area (Å²) in [5.74, 6) is 0.436. The van der Waals surface area contributed by atoms with Crippen LogP contribution in [0.25, 0.3) is 10.1 Å². The standard InChI is InChI=1S/C26H26N2O4S2/c1-4-28(34(30,31)23-13-11-22(32-3)12-14-23)21-10-15-24-20(16-21)17-25(33-24)26(29)27-18(2)19-8-6-5-7-9-19/h5-18H,4H2,1-3H3,(H,27,29)/t18-/m0/s1. The minimum absolute atomic E-state index is 0.125. The Morgan fingerprint density at radius 2 is 1.74 bits per heavy atom. The summed E-state index contributed by atoms with van der Waals surface area (Å²) in [6, 6.07) is 23.2. The zero-order chi connectivity index (χ0) is 24.3. The van der Waals surface area contributed by atoms with E-state index in [-0.39, 0.29) is 23.4 Å². The Morgan fingerprint density at radius 1 is 1.03 bits per heavy atom.